The maximum Gasteiger partial charge on any atom is 0.337 e. The minimum absolute atomic E-state index is 0.0955. The van der Waals surface area contributed by atoms with Crippen molar-refractivity contribution in [3.05, 3.63) is 65.0 Å². The maximum absolute atomic E-state index is 12.1. The fourth-order valence-corrected chi connectivity index (χ4v) is 3.09. The Hall–Kier alpha value is -3.33. The Morgan fingerprint density at radius 2 is 1.87 bits per heavy atom. The average Bonchev–Trinajstić information content (AvgIpc) is 3.21. The molecule has 0 radical (unpaired) electrons. The number of carbonyl (C=O) groups excluding carboxylic acids is 2. The molecule has 1 N–H and O–H groups in total. The van der Waals surface area contributed by atoms with Crippen molar-refractivity contribution in [2.45, 2.75) is 25.7 Å². The summed E-state index contributed by atoms with van der Waals surface area (Å²) in [5.41, 5.74) is 3.18. The molecule has 0 fully saturated rings. The van der Waals surface area contributed by atoms with Crippen molar-refractivity contribution in [2.75, 3.05) is 18.2 Å². The second-order valence-electron chi connectivity index (χ2n) is 6.35. The number of anilines is 1. The number of thioether (sulfide) groups is 1. The van der Waals surface area contributed by atoms with Crippen molar-refractivity contribution >= 4 is 29.3 Å². The van der Waals surface area contributed by atoms with Crippen LogP contribution in [-0.2, 0) is 16.1 Å². The van der Waals surface area contributed by atoms with Crippen LogP contribution in [0.2, 0.25) is 0 Å². The number of benzene rings is 2. The standard InChI is InChI=1S/C21H21N3O5S/c1-13-5-4-6-17(14(13)2)28-11-19-23-24-21(29-19)30-12-18(25)22-16-9-7-15(8-10-16)20(26)27-3/h4-10H,11-12H2,1-3H3,(H,22,25). The first-order chi connectivity index (χ1) is 14.5. The van der Waals surface area contributed by atoms with E-state index in [0.717, 1.165) is 28.6 Å². The SMILES string of the molecule is COC(=O)c1ccc(NC(=O)CSc2nnc(COc3cccc(C)c3C)o2)cc1. The smallest absolute Gasteiger partial charge is 0.337 e. The average molecular weight is 427 g/mol. The van der Waals surface area contributed by atoms with E-state index in [1.807, 2.05) is 32.0 Å². The molecule has 0 atom stereocenters. The van der Waals surface area contributed by atoms with Gasteiger partial charge >= 0.3 is 5.97 Å². The molecule has 0 saturated carbocycles. The van der Waals surface area contributed by atoms with E-state index in [4.69, 9.17) is 9.15 Å². The lowest BCUT2D eigenvalue weighted by molar-refractivity contribution is -0.113. The van der Waals surface area contributed by atoms with Gasteiger partial charge in [0.1, 0.15) is 5.75 Å². The molecule has 0 aliphatic heterocycles. The summed E-state index contributed by atoms with van der Waals surface area (Å²) in [4.78, 5) is 23.5. The van der Waals surface area contributed by atoms with Gasteiger partial charge in [-0.3, -0.25) is 4.79 Å². The number of amides is 1. The molecule has 1 amide bonds. The lowest BCUT2D eigenvalue weighted by Crippen LogP contribution is -2.14. The van der Waals surface area contributed by atoms with Crippen LogP contribution in [-0.4, -0.2) is 34.9 Å². The maximum atomic E-state index is 12.1. The Morgan fingerprint density at radius 3 is 2.60 bits per heavy atom. The molecule has 0 bridgehead atoms. The van der Waals surface area contributed by atoms with Gasteiger partial charge < -0.3 is 19.2 Å². The number of hydrogen-bond donors (Lipinski definition) is 1. The number of aromatic nitrogens is 2. The van der Waals surface area contributed by atoms with Gasteiger partial charge in [0, 0.05) is 5.69 Å². The van der Waals surface area contributed by atoms with Gasteiger partial charge in [0.15, 0.2) is 6.61 Å². The molecule has 0 aliphatic rings. The van der Waals surface area contributed by atoms with Crippen LogP contribution in [0.25, 0.3) is 0 Å². The van der Waals surface area contributed by atoms with E-state index >= 15 is 0 Å². The molecule has 156 valence electrons. The predicted molar refractivity (Wildman–Crippen MR) is 112 cm³/mol. The molecule has 0 unspecified atom stereocenters. The lowest BCUT2D eigenvalue weighted by Gasteiger charge is -2.08. The van der Waals surface area contributed by atoms with Gasteiger partial charge in [-0.1, -0.05) is 23.9 Å². The van der Waals surface area contributed by atoms with Gasteiger partial charge in [-0.25, -0.2) is 4.79 Å². The first kappa shape index (κ1) is 21.4. The van der Waals surface area contributed by atoms with Gasteiger partial charge in [0.25, 0.3) is 11.1 Å². The van der Waals surface area contributed by atoms with Crippen molar-refractivity contribution in [2.24, 2.45) is 0 Å². The molecule has 3 aromatic rings. The number of carbonyl (C=O) groups is 2. The molecular formula is C21H21N3O5S. The van der Waals surface area contributed by atoms with E-state index in [2.05, 4.69) is 20.3 Å². The van der Waals surface area contributed by atoms with Gasteiger partial charge in [-0.15, -0.1) is 10.2 Å². The van der Waals surface area contributed by atoms with E-state index in [1.54, 1.807) is 24.3 Å². The Morgan fingerprint density at radius 1 is 1.10 bits per heavy atom. The van der Waals surface area contributed by atoms with Crippen molar-refractivity contribution in [3.63, 3.8) is 0 Å². The number of rotatable bonds is 8. The first-order valence-corrected chi connectivity index (χ1v) is 10.1. The Bertz CT molecular complexity index is 1030. The summed E-state index contributed by atoms with van der Waals surface area (Å²) in [7, 11) is 1.31. The van der Waals surface area contributed by atoms with E-state index in [-0.39, 0.29) is 23.5 Å². The zero-order chi connectivity index (χ0) is 21.5. The van der Waals surface area contributed by atoms with Crippen LogP contribution in [0.1, 0.15) is 27.4 Å². The third-order valence-corrected chi connectivity index (χ3v) is 5.09. The van der Waals surface area contributed by atoms with Gasteiger partial charge in [0.2, 0.25) is 5.91 Å². The molecule has 1 heterocycles. The number of hydrogen-bond acceptors (Lipinski definition) is 8. The van der Waals surface area contributed by atoms with E-state index in [1.165, 1.54) is 7.11 Å². The zero-order valence-corrected chi connectivity index (χ0v) is 17.6. The minimum atomic E-state index is -0.433. The van der Waals surface area contributed by atoms with Crippen LogP contribution >= 0.6 is 11.8 Å². The zero-order valence-electron chi connectivity index (χ0n) is 16.8. The predicted octanol–water partition coefficient (Wildman–Crippen LogP) is 3.78. The highest BCUT2D eigenvalue weighted by Gasteiger charge is 2.12. The summed E-state index contributed by atoms with van der Waals surface area (Å²) in [5.74, 6) is 0.518. The summed E-state index contributed by atoms with van der Waals surface area (Å²) < 4.78 is 15.9. The van der Waals surface area contributed by atoms with Gasteiger partial charge in [-0.05, 0) is 55.3 Å². The third kappa shape index (κ3) is 5.60. The normalized spacial score (nSPS) is 10.5. The van der Waals surface area contributed by atoms with Crippen molar-refractivity contribution < 1.29 is 23.5 Å². The summed E-state index contributed by atoms with van der Waals surface area (Å²) in [6.07, 6.45) is 0. The number of methoxy groups -OCH3 is 1. The van der Waals surface area contributed by atoms with E-state index in [0.29, 0.717) is 17.1 Å². The number of nitrogens with zero attached hydrogens (tertiary/aromatic N) is 2. The molecule has 3 rings (SSSR count). The van der Waals surface area contributed by atoms with E-state index in [9.17, 15) is 9.59 Å². The lowest BCUT2D eigenvalue weighted by atomic mass is 10.1. The van der Waals surface area contributed by atoms with Crippen LogP contribution in [0.15, 0.2) is 52.1 Å². The largest absolute Gasteiger partial charge is 0.484 e. The Kier molecular flexibility index (Phi) is 7.08. The van der Waals surface area contributed by atoms with Crippen LogP contribution in [0, 0.1) is 13.8 Å². The number of aryl methyl sites for hydroxylation is 1. The first-order valence-electron chi connectivity index (χ1n) is 9.08. The summed E-state index contributed by atoms with van der Waals surface area (Å²) in [6, 6.07) is 12.2. The second kappa shape index (κ2) is 9.93. The van der Waals surface area contributed by atoms with Crippen LogP contribution in [0.4, 0.5) is 5.69 Å². The fourth-order valence-electron chi connectivity index (χ4n) is 2.51. The number of esters is 1. The molecule has 1 aromatic heterocycles. The molecular weight excluding hydrogens is 406 g/mol. The summed E-state index contributed by atoms with van der Waals surface area (Å²) in [6.45, 7) is 4.15. The fraction of sp³-hybridized carbons (Fsp3) is 0.238. The van der Waals surface area contributed by atoms with Crippen LogP contribution < -0.4 is 10.1 Å². The van der Waals surface area contributed by atoms with Crippen molar-refractivity contribution in [3.8, 4) is 5.75 Å². The quantitative estimate of drug-likeness (QED) is 0.428. The van der Waals surface area contributed by atoms with Crippen LogP contribution in [0.3, 0.4) is 0 Å². The molecule has 0 aliphatic carbocycles. The molecule has 0 saturated heterocycles. The molecule has 9 heteroatoms. The Balaban J connectivity index is 1.47. The van der Waals surface area contributed by atoms with Crippen LogP contribution in [0.5, 0.6) is 5.75 Å². The molecule has 2 aromatic carbocycles. The number of ether oxygens (including phenoxy) is 2. The monoisotopic (exact) mass is 427 g/mol. The van der Waals surface area contributed by atoms with Gasteiger partial charge in [-0.2, -0.15) is 0 Å². The summed E-state index contributed by atoms with van der Waals surface area (Å²) in [5, 5.41) is 10.9. The molecule has 8 nitrogen and oxygen atoms in total. The minimum Gasteiger partial charge on any atom is -0.484 e. The molecule has 30 heavy (non-hydrogen) atoms. The second-order valence-corrected chi connectivity index (χ2v) is 7.28. The number of nitrogens with one attached hydrogen (secondary N) is 1. The topological polar surface area (TPSA) is 104 Å². The van der Waals surface area contributed by atoms with E-state index < -0.39 is 5.97 Å². The van der Waals surface area contributed by atoms with Crippen molar-refractivity contribution in [1.29, 1.82) is 0 Å². The van der Waals surface area contributed by atoms with Crippen molar-refractivity contribution in [1.82, 2.24) is 10.2 Å². The van der Waals surface area contributed by atoms with Gasteiger partial charge in [0.05, 0.1) is 18.4 Å². The highest BCUT2D eigenvalue weighted by atomic mass is 32.2. The summed E-state index contributed by atoms with van der Waals surface area (Å²) >= 11 is 1.13. The Labute approximate surface area is 178 Å². The molecule has 0 spiro atoms. The highest BCUT2D eigenvalue weighted by Crippen LogP contribution is 2.22. The highest BCUT2D eigenvalue weighted by molar-refractivity contribution is 7.99. The third-order valence-electron chi connectivity index (χ3n) is 4.27.